The molecule has 0 aromatic heterocycles. The molecule has 2 aliphatic rings. The number of hydrogen-bond donors (Lipinski definition) is 0. The van der Waals surface area contributed by atoms with Gasteiger partial charge in [-0.15, -0.1) is 0 Å². The number of hydrogen-bond acceptors (Lipinski definition) is 4. The Bertz CT molecular complexity index is 650. The molecule has 1 heterocycles. The number of fused-ring (bicyclic) bond motifs is 1. The van der Waals surface area contributed by atoms with Crippen molar-refractivity contribution in [3.05, 3.63) is 35.9 Å². The smallest absolute Gasteiger partial charge is 0.331 e. The molecule has 2 atom stereocenters. The highest BCUT2D eigenvalue weighted by Crippen LogP contribution is 2.35. The second-order valence-corrected chi connectivity index (χ2v) is 7.06. The van der Waals surface area contributed by atoms with Crippen molar-refractivity contribution in [2.45, 2.75) is 44.6 Å². The maximum atomic E-state index is 12.5. The summed E-state index contributed by atoms with van der Waals surface area (Å²) >= 11 is 0. The zero-order valence-electron chi connectivity index (χ0n) is 15.4. The molecule has 1 aliphatic heterocycles. The lowest BCUT2D eigenvalue weighted by atomic mass is 9.78. The minimum Gasteiger partial charge on any atom is -0.497 e. The molecular formula is C21H27NO4. The van der Waals surface area contributed by atoms with E-state index in [0.29, 0.717) is 12.0 Å². The fourth-order valence-corrected chi connectivity index (χ4v) is 4.08. The third kappa shape index (κ3) is 4.65. The molecule has 3 rings (SSSR count). The van der Waals surface area contributed by atoms with Crippen molar-refractivity contribution in [3.63, 3.8) is 0 Å². The monoisotopic (exact) mass is 357 g/mol. The fourth-order valence-electron chi connectivity index (χ4n) is 4.08. The Labute approximate surface area is 155 Å². The first kappa shape index (κ1) is 18.5. The molecule has 2 fully saturated rings. The van der Waals surface area contributed by atoms with Crippen molar-refractivity contribution in [1.82, 2.24) is 4.90 Å². The molecule has 0 N–H and O–H groups in total. The predicted octanol–water partition coefficient (Wildman–Crippen LogP) is 3.43. The minimum atomic E-state index is -0.494. The molecule has 0 bridgehead atoms. The first-order valence-electron chi connectivity index (χ1n) is 9.46. The van der Waals surface area contributed by atoms with Crippen LogP contribution in [0.25, 0.3) is 6.08 Å². The molecule has 1 aliphatic carbocycles. The molecule has 0 radical (unpaired) electrons. The van der Waals surface area contributed by atoms with Gasteiger partial charge in [0.05, 0.1) is 7.11 Å². The molecule has 1 aromatic rings. The molecular weight excluding hydrogens is 330 g/mol. The van der Waals surface area contributed by atoms with Crippen LogP contribution in [0.2, 0.25) is 0 Å². The third-order valence-electron chi connectivity index (χ3n) is 5.43. The lowest BCUT2D eigenvalue weighted by Gasteiger charge is -2.44. The molecule has 1 saturated carbocycles. The predicted molar refractivity (Wildman–Crippen MR) is 99.7 cm³/mol. The Kier molecular flexibility index (Phi) is 6.31. The highest BCUT2D eigenvalue weighted by molar-refractivity contribution is 5.89. The average molecular weight is 357 g/mol. The van der Waals surface area contributed by atoms with Gasteiger partial charge in [0.15, 0.2) is 6.61 Å². The van der Waals surface area contributed by atoms with Crippen LogP contribution in [-0.2, 0) is 14.3 Å². The van der Waals surface area contributed by atoms with E-state index < -0.39 is 5.97 Å². The van der Waals surface area contributed by atoms with Crippen LogP contribution in [-0.4, -0.2) is 43.1 Å². The van der Waals surface area contributed by atoms with Gasteiger partial charge in [0.1, 0.15) is 5.75 Å². The second kappa shape index (κ2) is 8.88. The number of carbonyl (C=O) groups is 2. The van der Waals surface area contributed by atoms with E-state index in [4.69, 9.17) is 9.47 Å². The molecule has 1 amide bonds. The zero-order valence-corrected chi connectivity index (χ0v) is 15.4. The number of likely N-dealkylation sites (tertiary alicyclic amines) is 1. The van der Waals surface area contributed by atoms with Crippen LogP contribution >= 0.6 is 0 Å². The van der Waals surface area contributed by atoms with E-state index in [-0.39, 0.29) is 12.5 Å². The van der Waals surface area contributed by atoms with E-state index in [2.05, 4.69) is 0 Å². The molecule has 26 heavy (non-hydrogen) atoms. The van der Waals surface area contributed by atoms with Gasteiger partial charge in [-0.2, -0.15) is 0 Å². The Morgan fingerprint density at radius 3 is 2.62 bits per heavy atom. The number of benzene rings is 1. The highest BCUT2D eigenvalue weighted by atomic mass is 16.5. The van der Waals surface area contributed by atoms with Gasteiger partial charge in [-0.05, 0) is 55.4 Å². The van der Waals surface area contributed by atoms with E-state index in [9.17, 15) is 9.59 Å². The van der Waals surface area contributed by atoms with Crippen LogP contribution in [0.4, 0.5) is 0 Å². The van der Waals surface area contributed by atoms with E-state index in [0.717, 1.165) is 30.7 Å². The van der Waals surface area contributed by atoms with Gasteiger partial charge in [0, 0.05) is 18.7 Å². The number of carbonyl (C=O) groups excluding carboxylic acids is 2. The molecule has 0 spiro atoms. The van der Waals surface area contributed by atoms with Crippen molar-refractivity contribution in [1.29, 1.82) is 0 Å². The van der Waals surface area contributed by atoms with Crippen LogP contribution < -0.4 is 4.74 Å². The third-order valence-corrected chi connectivity index (χ3v) is 5.43. The average Bonchev–Trinajstić information content (AvgIpc) is 2.70. The van der Waals surface area contributed by atoms with E-state index in [1.807, 2.05) is 29.2 Å². The number of ether oxygens (including phenoxy) is 2. The summed E-state index contributed by atoms with van der Waals surface area (Å²) in [5.74, 6) is 0.837. The molecule has 5 nitrogen and oxygen atoms in total. The van der Waals surface area contributed by atoms with Crippen LogP contribution in [0.5, 0.6) is 5.75 Å². The quantitative estimate of drug-likeness (QED) is 0.598. The summed E-state index contributed by atoms with van der Waals surface area (Å²) in [7, 11) is 1.61. The number of piperidine rings is 1. The van der Waals surface area contributed by atoms with Gasteiger partial charge < -0.3 is 14.4 Å². The molecule has 140 valence electrons. The van der Waals surface area contributed by atoms with E-state index in [1.165, 1.54) is 31.8 Å². The lowest BCUT2D eigenvalue weighted by molar-refractivity contribution is -0.151. The summed E-state index contributed by atoms with van der Waals surface area (Å²) in [5, 5.41) is 0. The standard InChI is InChI=1S/C21H27NO4/c1-25-18-11-8-16(9-12-18)10-13-21(24)26-15-20(23)22-14-4-6-17-5-2-3-7-19(17)22/h8-13,17,19H,2-7,14-15H2,1H3/b13-10+/t17-,19+/m0/s1. The Morgan fingerprint density at radius 2 is 1.85 bits per heavy atom. The Balaban J connectivity index is 1.48. The van der Waals surface area contributed by atoms with Gasteiger partial charge >= 0.3 is 5.97 Å². The summed E-state index contributed by atoms with van der Waals surface area (Å²) in [5.41, 5.74) is 0.871. The Morgan fingerprint density at radius 1 is 1.12 bits per heavy atom. The van der Waals surface area contributed by atoms with Gasteiger partial charge in [-0.3, -0.25) is 4.79 Å². The Hall–Kier alpha value is -2.30. The summed E-state index contributed by atoms with van der Waals surface area (Å²) in [4.78, 5) is 26.4. The van der Waals surface area contributed by atoms with Crippen molar-refractivity contribution < 1.29 is 19.1 Å². The molecule has 0 unspecified atom stereocenters. The molecule has 1 aromatic carbocycles. The normalized spacial score (nSPS) is 22.7. The summed E-state index contributed by atoms with van der Waals surface area (Å²) in [6, 6.07) is 7.70. The highest BCUT2D eigenvalue weighted by Gasteiger charge is 2.35. The maximum Gasteiger partial charge on any atom is 0.331 e. The lowest BCUT2D eigenvalue weighted by Crippen LogP contribution is -2.50. The van der Waals surface area contributed by atoms with Crippen LogP contribution in [0.1, 0.15) is 44.1 Å². The summed E-state index contributed by atoms with van der Waals surface area (Å²) in [6.07, 6.45) is 10.1. The van der Waals surface area contributed by atoms with Crippen LogP contribution in [0, 0.1) is 5.92 Å². The first-order valence-corrected chi connectivity index (χ1v) is 9.46. The van der Waals surface area contributed by atoms with Crippen LogP contribution in [0.15, 0.2) is 30.3 Å². The fraction of sp³-hybridized carbons (Fsp3) is 0.524. The van der Waals surface area contributed by atoms with Crippen molar-refractivity contribution in [2.24, 2.45) is 5.92 Å². The SMILES string of the molecule is COc1ccc(/C=C/C(=O)OCC(=O)N2CCC[C@@H]3CCCC[C@H]32)cc1. The topological polar surface area (TPSA) is 55.8 Å². The van der Waals surface area contributed by atoms with Crippen molar-refractivity contribution >= 4 is 18.0 Å². The van der Waals surface area contributed by atoms with E-state index in [1.54, 1.807) is 13.2 Å². The zero-order chi connectivity index (χ0) is 18.4. The summed E-state index contributed by atoms with van der Waals surface area (Å²) < 4.78 is 10.3. The van der Waals surface area contributed by atoms with Crippen molar-refractivity contribution in [2.75, 3.05) is 20.3 Å². The molecule has 5 heteroatoms. The van der Waals surface area contributed by atoms with Gasteiger partial charge in [-0.1, -0.05) is 25.0 Å². The van der Waals surface area contributed by atoms with Crippen molar-refractivity contribution in [3.8, 4) is 5.75 Å². The number of nitrogens with zero attached hydrogens (tertiary/aromatic N) is 1. The number of methoxy groups -OCH3 is 1. The van der Waals surface area contributed by atoms with E-state index >= 15 is 0 Å². The second-order valence-electron chi connectivity index (χ2n) is 7.06. The largest absolute Gasteiger partial charge is 0.497 e. The molecule has 1 saturated heterocycles. The van der Waals surface area contributed by atoms with Crippen LogP contribution in [0.3, 0.4) is 0 Å². The number of rotatable bonds is 5. The van der Waals surface area contributed by atoms with Gasteiger partial charge in [0.2, 0.25) is 0 Å². The minimum absolute atomic E-state index is 0.0622. The maximum absolute atomic E-state index is 12.5. The first-order chi connectivity index (χ1) is 12.7. The number of amides is 1. The summed E-state index contributed by atoms with van der Waals surface area (Å²) in [6.45, 7) is 0.619. The van der Waals surface area contributed by atoms with Gasteiger partial charge in [-0.25, -0.2) is 4.79 Å². The number of esters is 1. The van der Waals surface area contributed by atoms with Gasteiger partial charge in [0.25, 0.3) is 5.91 Å².